The second-order valence-electron chi connectivity index (χ2n) is 4.49. The van der Waals surface area contributed by atoms with E-state index in [0.29, 0.717) is 33.5 Å². The predicted octanol–water partition coefficient (Wildman–Crippen LogP) is 2.73. The van der Waals surface area contributed by atoms with Crippen LogP contribution in [0.25, 0.3) is 11.5 Å². The largest absolute Gasteiger partial charge is 0.339 e. The smallest absolute Gasteiger partial charge is 0.228 e. The molecule has 1 fully saturated rings. The lowest BCUT2D eigenvalue weighted by molar-refractivity contribution is 0.364. The van der Waals surface area contributed by atoms with Crippen molar-refractivity contribution in [2.45, 2.75) is 25.3 Å². The van der Waals surface area contributed by atoms with Crippen LogP contribution in [0.4, 0.5) is 0 Å². The van der Waals surface area contributed by atoms with Crippen LogP contribution in [-0.4, -0.2) is 27.7 Å². The van der Waals surface area contributed by atoms with Gasteiger partial charge in [-0.05, 0) is 25.5 Å². The van der Waals surface area contributed by atoms with Gasteiger partial charge in [0.2, 0.25) is 11.7 Å². The zero-order valence-corrected chi connectivity index (χ0v) is 11.6. The van der Waals surface area contributed by atoms with Crippen LogP contribution in [0.1, 0.15) is 18.7 Å². The van der Waals surface area contributed by atoms with E-state index in [9.17, 15) is 0 Å². The second kappa shape index (κ2) is 5.45. The first kappa shape index (κ1) is 12.8. The molecule has 0 spiro atoms. The first-order valence-corrected chi connectivity index (χ1v) is 6.85. The van der Waals surface area contributed by atoms with E-state index in [2.05, 4.69) is 20.4 Å². The summed E-state index contributed by atoms with van der Waals surface area (Å²) in [5, 5.41) is 8.20. The van der Waals surface area contributed by atoms with Gasteiger partial charge in [-0.25, -0.2) is 4.98 Å². The molecule has 1 saturated heterocycles. The second-order valence-corrected chi connectivity index (χ2v) is 5.34. The van der Waals surface area contributed by atoms with E-state index in [1.807, 2.05) is 0 Å². The zero-order chi connectivity index (χ0) is 13.2. The summed E-state index contributed by atoms with van der Waals surface area (Å²) in [6.45, 7) is 1.05. The maximum atomic E-state index is 6.06. The number of pyridine rings is 1. The van der Waals surface area contributed by atoms with Gasteiger partial charge in [0.1, 0.15) is 5.69 Å². The van der Waals surface area contributed by atoms with E-state index >= 15 is 0 Å². The van der Waals surface area contributed by atoms with Crippen molar-refractivity contribution >= 4 is 23.2 Å². The third kappa shape index (κ3) is 2.88. The lowest BCUT2D eigenvalue weighted by Gasteiger charge is -2.04. The molecule has 1 aliphatic heterocycles. The molecule has 100 valence electrons. The Labute approximate surface area is 120 Å². The predicted molar refractivity (Wildman–Crippen MR) is 72.3 cm³/mol. The highest BCUT2D eigenvalue weighted by atomic mass is 35.5. The van der Waals surface area contributed by atoms with E-state index in [1.54, 1.807) is 6.07 Å². The van der Waals surface area contributed by atoms with Gasteiger partial charge in [0, 0.05) is 18.7 Å². The Balaban J connectivity index is 1.80. The maximum absolute atomic E-state index is 6.06. The normalized spacial score (nSPS) is 18.9. The molecule has 0 bridgehead atoms. The van der Waals surface area contributed by atoms with E-state index < -0.39 is 0 Å². The van der Waals surface area contributed by atoms with Crippen LogP contribution in [0.2, 0.25) is 10.0 Å². The molecule has 2 aromatic heterocycles. The lowest BCUT2D eigenvalue weighted by atomic mass is 10.1. The summed E-state index contributed by atoms with van der Waals surface area (Å²) in [5.74, 6) is 0.997. The minimum absolute atomic E-state index is 0.398. The van der Waals surface area contributed by atoms with Crippen molar-refractivity contribution in [3.63, 3.8) is 0 Å². The minimum atomic E-state index is 0.398. The molecule has 3 rings (SSSR count). The monoisotopic (exact) mass is 298 g/mol. The third-order valence-electron chi connectivity index (χ3n) is 3.07. The number of aromatic nitrogens is 3. The first-order valence-electron chi connectivity index (χ1n) is 6.10. The van der Waals surface area contributed by atoms with Gasteiger partial charge in [-0.1, -0.05) is 28.4 Å². The molecular weight excluding hydrogens is 287 g/mol. The Kier molecular flexibility index (Phi) is 3.68. The molecule has 0 saturated carbocycles. The van der Waals surface area contributed by atoms with Gasteiger partial charge in [-0.2, -0.15) is 4.98 Å². The Morgan fingerprint density at radius 1 is 1.42 bits per heavy atom. The standard InChI is InChI=1S/C12H12Cl2N4O/c13-7-4-9(14)11(16-6-7)12-17-10(19-18-12)5-8-2-1-3-15-8/h4,6,8,15H,1-3,5H2. The summed E-state index contributed by atoms with van der Waals surface area (Å²) >= 11 is 11.9. The molecule has 0 aromatic carbocycles. The Morgan fingerprint density at radius 3 is 3.05 bits per heavy atom. The third-order valence-corrected chi connectivity index (χ3v) is 3.57. The van der Waals surface area contributed by atoms with Crippen molar-refractivity contribution in [3.8, 4) is 11.5 Å². The van der Waals surface area contributed by atoms with Crippen molar-refractivity contribution in [1.29, 1.82) is 0 Å². The molecule has 3 heterocycles. The van der Waals surface area contributed by atoms with Gasteiger partial charge in [-0.15, -0.1) is 0 Å². The SMILES string of the molecule is Clc1cnc(-c2noc(CC3CCCN3)n2)c(Cl)c1. The van der Waals surface area contributed by atoms with E-state index in [1.165, 1.54) is 12.6 Å². The molecule has 0 radical (unpaired) electrons. The van der Waals surface area contributed by atoms with Crippen molar-refractivity contribution in [1.82, 2.24) is 20.4 Å². The number of nitrogens with zero attached hydrogens (tertiary/aromatic N) is 3. The maximum Gasteiger partial charge on any atom is 0.228 e. The van der Waals surface area contributed by atoms with Gasteiger partial charge in [0.25, 0.3) is 0 Å². The quantitative estimate of drug-likeness (QED) is 0.944. The van der Waals surface area contributed by atoms with E-state index in [4.69, 9.17) is 27.7 Å². The molecule has 7 heteroatoms. The fourth-order valence-corrected chi connectivity index (χ4v) is 2.62. The summed E-state index contributed by atoms with van der Waals surface area (Å²) in [5.41, 5.74) is 0.487. The number of halogens is 2. The Hall–Kier alpha value is -1.17. The molecule has 0 amide bonds. The van der Waals surface area contributed by atoms with Gasteiger partial charge < -0.3 is 9.84 Å². The average molecular weight is 299 g/mol. The molecule has 0 aliphatic carbocycles. The first-order chi connectivity index (χ1) is 9.22. The number of hydrogen-bond donors (Lipinski definition) is 1. The molecule has 19 heavy (non-hydrogen) atoms. The topological polar surface area (TPSA) is 63.8 Å². The van der Waals surface area contributed by atoms with Gasteiger partial charge in [0.15, 0.2) is 0 Å². The fourth-order valence-electron chi connectivity index (χ4n) is 2.15. The van der Waals surface area contributed by atoms with Gasteiger partial charge in [-0.3, -0.25) is 0 Å². The molecule has 1 N–H and O–H groups in total. The highest BCUT2D eigenvalue weighted by molar-refractivity contribution is 6.35. The van der Waals surface area contributed by atoms with Crippen LogP contribution < -0.4 is 5.32 Å². The van der Waals surface area contributed by atoms with E-state index in [-0.39, 0.29) is 0 Å². The van der Waals surface area contributed by atoms with Crippen molar-refractivity contribution < 1.29 is 4.52 Å². The number of hydrogen-bond acceptors (Lipinski definition) is 5. The summed E-state index contributed by atoms with van der Waals surface area (Å²) < 4.78 is 5.23. The molecule has 1 atom stereocenters. The van der Waals surface area contributed by atoms with E-state index in [0.717, 1.165) is 19.4 Å². The van der Waals surface area contributed by atoms with Crippen LogP contribution >= 0.6 is 23.2 Å². The van der Waals surface area contributed by atoms with Crippen molar-refractivity contribution in [2.24, 2.45) is 0 Å². The molecule has 5 nitrogen and oxygen atoms in total. The molecule has 2 aromatic rings. The summed E-state index contributed by atoms with van der Waals surface area (Å²) in [4.78, 5) is 8.46. The highest BCUT2D eigenvalue weighted by Crippen LogP contribution is 2.26. The zero-order valence-electron chi connectivity index (χ0n) is 10.1. The summed E-state index contributed by atoms with van der Waals surface area (Å²) in [6.07, 6.45) is 4.57. The van der Waals surface area contributed by atoms with Gasteiger partial charge in [0.05, 0.1) is 10.0 Å². The summed E-state index contributed by atoms with van der Waals surface area (Å²) in [6, 6.07) is 2.03. The van der Waals surface area contributed by atoms with Crippen molar-refractivity contribution in [2.75, 3.05) is 6.54 Å². The number of rotatable bonds is 3. The van der Waals surface area contributed by atoms with Crippen molar-refractivity contribution in [3.05, 3.63) is 28.2 Å². The highest BCUT2D eigenvalue weighted by Gasteiger charge is 2.19. The molecule has 1 unspecified atom stereocenters. The Morgan fingerprint density at radius 2 is 2.32 bits per heavy atom. The van der Waals surface area contributed by atoms with Crippen LogP contribution in [-0.2, 0) is 6.42 Å². The minimum Gasteiger partial charge on any atom is -0.339 e. The van der Waals surface area contributed by atoms with Crippen LogP contribution in [0, 0.1) is 0 Å². The van der Waals surface area contributed by atoms with Gasteiger partial charge >= 0.3 is 0 Å². The van der Waals surface area contributed by atoms with Crippen LogP contribution in [0.3, 0.4) is 0 Å². The average Bonchev–Trinajstić information content (AvgIpc) is 3.01. The Bertz CT molecular complexity index is 581. The van der Waals surface area contributed by atoms with Crippen LogP contribution in [0.5, 0.6) is 0 Å². The molecular formula is C12H12Cl2N4O. The molecule has 1 aliphatic rings. The fraction of sp³-hybridized carbons (Fsp3) is 0.417. The summed E-state index contributed by atoms with van der Waals surface area (Å²) in [7, 11) is 0. The lowest BCUT2D eigenvalue weighted by Crippen LogP contribution is -2.23. The van der Waals surface area contributed by atoms with Crippen LogP contribution in [0.15, 0.2) is 16.8 Å². The number of nitrogens with one attached hydrogen (secondary N) is 1.